The number of hydrogen-bond donors (Lipinski definition) is 1. The van der Waals surface area contributed by atoms with Crippen LogP contribution in [0.4, 0.5) is 4.79 Å². The van der Waals surface area contributed by atoms with E-state index in [1.54, 1.807) is 19.1 Å². The maximum atomic E-state index is 12.4. The van der Waals surface area contributed by atoms with E-state index in [-0.39, 0.29) is 12.1 Å². The number of rotatable bonds is 6. The summed E-state index contributed by atoms with van der Waals surface area (Å²) >= 11 is 0. The van der Waals surface area contributed by atoms with Gasteiger partial charge in [0, 0.05) is 18.7 Å². The highest BCUT2D eigenvalue weighted by Crippen LogP contribution is 2.19. The monoisotopic (exact) mass is 331 g/mol. The van der Waals surface area contributed by atoms with Crippen molar-refractivity contribution in [2.75, 3.05) is 14.2 Å². The molecule has 6 heteroatoms. The number of aryl methyl sites for hydroxylation is 2. The van der Waals surface area contributed by atoms with Crippen molar-refractivity contribution in [2.45, 2.75) is 39.8 Å². The first-order chi connectivity index (χ1) is 11.4. The normalized spacial score (nSPS) is 11.9. The standard InChI is InChI=1S/C18H25N3O3/c1-12(10-15-8-6-7-9-17(15)23-5)19-18(22)21(4)11-16-13(2)20-24-14(16)3/h6-9,12H,10-11H2,1-5H3,(H,19,22)/t12-/m0/s1. The molecule has 0 saturated heterocycles. The molecule has 0 spiro atoms. The Morgan fingerprint density at radius 2 is 2.08 bits per heavy atom. The fourth-order valence-electron chi connectivity index (χ4n) is 2.61. The molecule has 1 atom stereocenters. The highest BCUT2D eigenvalue weighted by atomic mass is 16.5. The third-order valence-corrected chi connectivity index (χ3v) is 4.01. The van der Waals surface area contributed by atoms with E-state index in [9.17, 15) is 4.79 Å². The van der Waals surface area contributed by atoms with Gasteiger partial charge in [-0.3, -0.25) is 0 Å². The van der Waals surface area contributed by atoms with Crippen molar-refractivity contribution in [2.24, 2.45) is 0 Å². The minimum Gasteiger partial charge on any atom is -0.496 e. The van der Waals surface area contributed by atoms with Crippen LogP contribution in [0.1, 0.15) is 29.5 Å². The van der Waals surface area contributed by atoms with Crippen LogP contribution in [0, 0.1) is 13.8 Å². The number of ether oxygens (including phenoxy) is 1. The van der Waals surface area contributed by atoms with E-state index in [0.717, 1.165) is 28.3 Å². The Kier molecular flexibility index (Phi) is 5.84. The largest absolute Gasteiger partial charge is 0.496 e. The Balaban J connectivity index is 1.93. The molecule has 0 unspecified atom stereocenters. The minimum atomic E-state index is -0.127. The SMILES string of the molecule is COc1ccccc1C[C@H](C)NC(=O)N(C)Cc1c(C)noc1C. The lowest BCUT2D eigenvalue weighted by Gasteiger charge is -2.22. The number of nitrogens with zero attached hydrogens (tertiary/aromatic N) is 2. The maximum absolute atomic E-state index is 12.4. The summed E-state index contributed by atoms with van der Waals surface area (Å²) in [7, 11) is 3.41. The summed E-state index contributed by atoms with van der Waals surface area (Å²) in [6.45, 7) is 6.18. The molecule has 0 aliphatic carbocycles. The fraction of sp³-hybridized carbons (Fsp3) is 0.444. The summed E-state index contributed by atoms with van der Waals surface area (Å²) in [5.41, 5.74) is 2.83. The van der Waals surface area contributed by atoms with Gasteiger partial charge < -0.3 is 19.5 Å². The summed E-state index contributed by atoms with van der Waals surface area (Å²) in [6, 6.07) is 7.69. The van der Waals surface area contributed by atoms with Gasteiger partial charge in [0.1, 0.15) is 11.5 Å². The molecule has 2 aromatic rings. The number of urea groups is 1. The van der Waals surface area contributed by atoms with Gasteiger partial charge >= 0.3 is 6.03 Å². The Labute approximate surface area is 142 Å². The lowest BCUT2D eigenvalue weighted by atomic mass is 10.1. The summed E-state index contributed by atoms with van der Waals surface area (Å²) in [5.74, 6) is 1.58. The fourth-order valence-corrected chi connectivity index (χ4v) is 2.61. The van der Waals surface area contributed by atoms with Crippen molar-refractivity contribution in [1.29, 1.82) is 0 Å². The van der Waals surface area contributed by atoms with Crippen molar-refractivity contribution < 1.29 is 14.1 Å². The van der Waals surface area contributed by atoms with Crippen LogP contribution in [-0.2, 0) is 13.0 Å². The van der Waals surface area contributed by atoms with E-state index in [2.05, 4.69) is 10.5 Å². The molecule has 0 fully saturated rings. The van der Waals surface area contributed by atoms with E-state index in [4.69, 9.17) is 9.26 Å². The van der Waals surface area contributed by atoms with Crippen LogP contribution in [0.3, 0.4) is 0 Å². The number of hydrogen-bond acceptors (Lipinski definition) is 4. The third-order valence-electron chi connectivity index (χ3n) is 4.01. The molecule has 0 radical (unpaired) electrons. The molecule has 6 nitrogen and oxygen atoms in total. The summed E-state index contributed by atoms with van der Waals surface area (Å²) in [5, 5.41) is 6.93. The van der Waals surface area contributed by atoms with Crippen molar-refractivity contribution in [1.82, 2.24) is 15.4 Å². The Bertz CT molecular complexity index is 677. The first-order valence-electron chi connectivity index (χ1n) is 7.97. The highest BCUT2D eigenvalue weighted by Gasteiger charge is 2.17. The molecule has 130 valence electrons. The first kappa shape index (κ1) is 17.8. The molecule has 1 heterocycles. The van der Waals surface area contributed by atoms with Gasteiger partial charge in [0.25, 0.3) is 0 Å². The molecule has 0 saturated carbocycles. The summed E-state index contributed by atoms with van der Waals surface area (Å²) < 4.78 is 10.5. The van der Waals surface area contributed by atoms with Crippen molar-refractivity contribution in [3.8, 4) is 5.75 Å². The molecule has 1 aromatic carbocycles. The molecule has 24 heavy (non-hydrogen) atoms. The van der Waals surface area contributed by atoms with Crippen LogP contribution < -0.4 is 10.1 Å². The second-order valence-corrected chi connectivity index (χ2v) is 6.03. The minimum absolute atomic E-state index is 0.0130. The number of methoxy groups -OCH3 is 1. The molecular formula is C18H25N3O3. The van der Waals surface area contributed by atoms with Crippen LogP contribution in [-0.4, -0.2) is 36.3 Å². The number of benzene rings is 1. The first-order valence-corrected chi connectivity index (χ1v) is 7.97. The summed E-state index contributed by atoms with van der Waals surface area (Å²) in [6.07, 6.45) is 0.703. The van der Waals surface area contributed by atoms with Gasteiger partial charge in [-0.25, -0.2) is 4.79 Å². The van der Waals surface area contributed by atoms with Gasteiger partial charge in [0.2, 0.25) is 0 Å². The van der Waals surface area contributed by atoms with Gasteiger partial charge in [-0.1, -0.05) is 23.4 Å². The molecule has 2 rings (SSSR count). The van der Waals surface area contributed by atoms with Gasteiger partial charge in [-0.2, -0.15) is 0 Å². The molecule has 0 aliphatic rings. The number of amides is 2. The smallest absolute Gasteiger partial charge is 0.317 e. The van der Waals surface area contributed by atoms with Crippen LogP contribution >= 0.6 is 0 Å². The quantitative estimate of drug-likeness (QED) is 0.883. The van der Waals surface area contributed by atoms with E-state index < -0.39 is 0 Å². The van der Waals surface area contributed by atoms with Gasteiger partial charge in [-0.15, -0.1) is 0 Å². The van der Waals surface area contributed by atoms with Gasteiger partial charge in [-0.05, 0) is 38.8 Å². The average molecular weight is 331 g/mol. The van der Waals surface area contributed by atoms with Gasteiger partial charge in [0.15, 0.2) is 0 Å². The van der Waals surface area contributed by atoms with Crippen LogP contribution in [0.25, 0.3) is 0 Å². The topological polar surface area (TPSA) is 67.6 Å². The zero-order valence-electron chi connectivity index (χ0n) is 14.9. The summed E-state index contributed by atoms with van der Waals surface area (Å²) in [4.78, 5) is 14.0. The Morgan fingerprint density at radius 3 is 2.71 bits per heavy atom. The third kappa shape index (κ3) is 4.28. The molecular weight excluding hydrogens is 306 g/mol. The van der Waals surface area contributed by atoms with Crippen molar-refractivity contribution in [3.05, 3.63) is 46.8 Å². The Hall–Kier alpha value is -2.50. The lowest BCUT2D eigenvalue weighted by molar-refractivity contribution is 0.203. The Morgan fingerprint density at radius 1 is 1.38 bits per heavy atom. The van der Waals surface area contributed by atoms with Crippen LogP contribution in [0.2, 0.25) is 0 Å². The zero-order valence-corrected chi connectivity index (χ0v) is 14.9. The zero-order chi connectivity index (χ0) is 17.7. The molecule has 0 aliphatic heterocycles. The predicted octanol–water partition coefficient (Wildman–Crippen LogP) is 3.07. The number of carbonyl (C=O) groups excluding carboxylic acids is 1. The number of aromatic nitrogens is 1. The van der Waals surface area contributed by atoms with E-state index in [0.29, 0.717) is 13.0 Å². The van der Waals surface area contributed by atoms with Gasteiger partial charge in [0.05, 0.1) is 19.3 Å². The van der Waals surface area contributed by atoms with E-state index in [1.165, 1.54) is 0 Å². The highest BCUT2D eigenvalue weighted by molar-refractivity contribution is 5.74. The molecule has 0 bridgehead atoms. The molecule has 2 amide bonds. The van der Waals surface area contributed by atoms with E-state index >= 15 is 0 Å². The maximum Gasteiger partial charge on any atom is 0.317 e. The predicted molar refractivity (Wildman–Crippen MR) is 92.1 cm³/mol. The van der Waals surface area contributed by atoms with Crippen molar-refractivity contribution in [3.63, 3.8) is 0 Å². The van der Waals surface area contributed by atoms with E-state index in [1.807, 2.05) is 45.0 Å². The number of para-hydroxylation sites is 1. The second kappa shape index (κ2) is 7.86. The van der Waals surface area contributed by atoms with Crippen LogP contribution in [0.5, 0.6) is 5.75 Å². The lowest BCUT2D eigenvalue weighted by Crippen LogP contribution is -2.42. The molecule has 1 N–H and O–H groups in total. The number of nitrogens with one attached hydrogen (secondary N) is 1. The van der Waals surface area contributed by atoms with Crippen LogP contribution in [0.15, 0.2) is 28.8 Å². The van der Waals surface area contributed by atoms with Crippen molar-refractivity contribution >= 4 is 6.03 Å². The average Bonchev–Trinajstić information content (AvgIpc) is 2.87. The molecule has 1 aromatic heterocycles. The number of carbonyl (C=O) groups is 1. The second-order valence-electron chi connectivity index (χ2n) is 6.03.